The molecule has 0 unspecified atom stereocenters. The minimum atomic E-state index is -0.683. The van der Waals surface area contributed by atoms with Crippen molar-refractivity contribution in [1.82, 2.24) is 0 Å². The minimum Gasteiger partial charge on any atom is -0.379 e. The SMILES string of the molecule is C[C@]12N=C(N)SC[C@]1(C(N)=O)CCCc1cc[c]cc12. The van der Waals surface area contributed by atoms with Crippen LogP contribution in [0.2, 0.25) is 0 Å². The molecule has 0 saturated carbocycles. The van der Waals surface area contributed by atoms with Crippen LogP contribution in [0.1, 0.15) is 30.9 Å². The highest BCUT2D eigenvalue weighted by atomic mass is 32.2. The number of aliphatic imine (C=N–C) groups is 1. The van der Waals surface area contributed by atoms with Crippen molar-refractivity contribution in [1.29, 1.82) is 0 Å². The molecule has 1 aromatic carbocycles. The maximum atomic E-state index is 12.3. The van der Waals surface area contributed by atoms with Gasteiger partial charge in [-0.1, -0.05) is 23.9 Å². The number of carbonyl (C=O) groups excluding carboxylic acids is 1. The number of benzene rings is 1. The molecule has 3 rings (SSSR count). The lowest BCUT2D eigenvalue weighted by molar-refractivity contribution is -0.130. The first-order chi connectivity index (χ1) is 9.49. The Morgan fingerprint density at radius 3 is 3.10 bits per heavy atom. The maximum Gasteiger partial charge on any atom is 0.227 e. The predicted molar refractivity (Wildman–Crippen MR) is 81.3 cm³/mol. The molecule has 2 atom stereocenters. The van der Waals surface area contributed by atoms with Crippen molar-refractivity contribution in [2.45, 2.75) is 31.7 Å². The van der Waals surface area contributed by atoms with Gasteiger partial charge in [-0.25, -0.2) is 0 Å². The maximum absolute atomic E-state index is 12.3. The molecule has 1 aliphatic carbocycles. The number of amides is 1. The van der Waals surface area contributed by atoms with E-state index in [0.717, 1.165) is 24.8 Å². The molecule has 105 valence electrons. The molecular formula is C15H18N3OS. The Morgan fingerprint density at radius 1 is 1.55 bits per heavy atom. The number of amidine groups is 1. The third kappa shape index (κ3) is 1.69. The van der Waals surface area contributed by atoms with Crippen LogP contribution >= 0.6 is 11.8 Å². The molecule has 5 heteroatoms. The van der Waals surface area contributed by atoms with Crippen molar-refractivity contribution in [2.75, 3.05) is 5.75 Å². The molecule has 0 fully saturated rings. The largest absolute Gasteiger partial charge is 0.379 e. The molecule has 0 saturated heterocycles. The summed E-state index contributed by atoms with van der Waals surface area (Å²) in [5.41, 5.74) is 12.7. The van der Waals surface area contributed by atoms with Crippen LogP contribution in [-0.2, 0) is 16.8 Å². The minimum absolute atomic E-state index is 0.277. The average Bonchev–Trinajstić information content (AvgIpc) is 2.53. The highest BCUT2D eigenvalue weighted by Crippen LogP contribution is 2.53. The molecule has 1 radical (unpaired) electrons. The Balaban J connectivity index is 2.30. The number of nitrogens with zero attached hydrogens (tertiary/aromatic N) is 1. The Labute approximate surface area is 123 Å². The highest BCUT2D eigenvalue weighted by molar-refractivity contribution is 8.13. The van der Waals surface area contributed by atoms with E-state index in [2.05, 4.69) is 17.1 Å². The topological polar surface area (TPSA) is 81.5 Å². The summed E-state index contributed by atoms with van der Waals surface area (Å²) >= 11 is 1.43. The second-order valence-electron chi connectivity index (χ2n) is 5.69. The van der Waals surface area contributed by atoms with Gasteiger partial charge in [0, 0.05) is 5.75 Å². The number of hydrogen-bond donors (Lipinski definition) is 2. The molecule has 2 aliphatic rings. The fourth-order valence-corrected chi connectivity index (χ4v) is 4.69. The lowest BCUT2D eigenvalue weighted by Gasteiger charge is -2.46. The van der Waals surface area contributed by atoms with Crippen molar-refractivity contribution < 1.29 is 4.79 Å². The first-order valence-corrected chi connectivity index (χ1v) is 7.76. The van der Waals surface area contributed by atoms with E-state index in [-0.39, 0.29) is 5.91 Å². The molecule has 4 nitrogen and oxygen atoms in total. The highest BCUT2D eigenvalue weighted by Gasteiger charge is 2.57. The normalized spacial score (nSPS) is 32.5. The van der Waals surface area contributed by atoms with Gasteiger partial charge in [0.15, 0.2) is 5.17 Å². The number of nitrogens with two attached hydrogens (primary N) is 2. The molecule has 1 aliphatic heterocycles. The fraction of sp³-hybridized carbons (Fsp3) is 0.467. The lowest BCUT2D eigenvalue weighted by Crippen LogP contribution is -2.55. The van der Waals surface area contributed by atoms with Gasteiger partial charge in [0.25, 0.3) is 0 Å². The smallest absolute Gasteiger partial charge is 0.227 e. The van der Waals surface area contributed by atoms with Crippen LogP contribution in [0.4, 0.5) is 0 Å². The molecule has 0 spiro atoms. The molecule has 0 aromatic heterocycles. The Bertz CT molecular complexity index is 601. The molecule has 0 bridgehead atoms. The van der Waals surface area contributed by atoms with Crippen molar-refractivity contribution in [3.63, 3.8) is 0 Å². The summed E-state index contributed by atoms with van der Waals surface area (Å²) in [7, 11) is 0. The monoisotopic (exact) mass is 288 g/mol. The van der Waals surface area contributed by atoms with E-state index in [0.29, 0.717) is 10.9 Å². The third-order valence-corrected chi connectivity index (χ3v) is 5.76. The van der Waals surface area contributed by atoms with Gasteiger partial charge in [-0.3, -0.25) is 9.79 Å². The van der Waals surface area contributed by atoms with E-state index in [9.17, 15) is 4.79 Å². The lowest BCUT2D eigenvalue weighted by atomic mass is 9.66. The van der Waals surface area contributed by atoms with Gasteiger partial charge in [0.05, 0.1) is 5.41 Å². The van der Waals surface area contributed by atoms with Gasteiger partial charge in [-0.05, 0) is 49.4 Å². The van der Waals surface area contributed by atoms with Crippen molar-refractivity contribution in [2.24, 2.45) is 21.9 Å². The zero-order valence-electron chi connectivity index (χ0n) is 11.5. The summed E-state index contributed by atoms with van der Waals surface area (Å²) in [6.07, 6.45) is 2.62. The number of thioether (sulfide) groups is 1. The summed E-state index contributed by atoms with van der Waals surface area (Å²) in [6.45, 7) is 1.99. The van der Waals surface area contributed by atoms with Gasteiger partial charge >= 0.3 is 0 Å². The number of hydrogen-bond acceptors (Lipinski definition) is 4. The second-order valence-corrected chi connectivity index (χ2v) is 6.69. The van der Waals surface area contributed by atoms with Crippen LogP contribution in [-0.4, -0.2) is 16.8 Å². The van der Waals surface area contributed by atoms with E-state index in [1.165, 1.54) is 17.3 Å². The standard InChI is InChI=1S/C15H18N3OS/c1-14-11-7-3-2-5-10(11)6-4-8-15(14,12(16)19)9-20-13(17)18-14/h2,5,7H,4,6,8-9H2,1H3,(H2,16,19)(H2,17,18)/t14-,15+/m1/s1. The van der Waals surface area contributed by atoms with E-state index in [4.69, 9.17) is 11.5 Å². The van der Waals surface area contributed by atoms with Gasteiger partial charge in [-0.15, -0.1) is 0 Å². The number of rotatable bonds is 1. The molecule has 1 heterocycles. The second kappa shape index (κ2) is 4.52. The van der Waals surface area contributed by atoms with Crippen LogP contribution < -0.4 is 11.5 Å². The van der Waals surface area contributed by atoms with E-state index in [1.807, 2.05) is 19.1 Å². The third-order valence-electron chi connectivity index (χ3n) is 4.73. The number of fused-ring (bicyclic) bond motifs is 3. The summed E-state index contributed by atoms with van der Waals surface area (Å²) in [4.78, 5) is 16.9. The summed E-state index contributed by atoms with van der Waals surface area (Å²) in [5.74, 6) is 0.322. The quantitative estimate of drug-likeness (QED) is 0.823. The van der Waals surface area contributed by atoms with Crippen molar-refractivity contribution in [3.05, 3.63) is 35.4 Å². The van der Waals surface area contributed by atoms with Crippen LogP contribution in [0.15, 0.2) is 23.2 Å². The molecule has 1 amide bonds. The summed E-state index contributed by atoms with van der Waals surface area (Å²) < 4.78 is 0. The first-order valence-electron chi connectivity index (χ1n) is 6.77. The first kappa shape index (κ1) is 13.5. The number of carbonyl (C=O) groups is 1. The number of aryl methyl sites for hydroxylation is 1. The predicted octanol–water partition coefficient (Wildman–Crippen LogP) is 1.57. The molecule has 20 heavy (non-hydrogen) atoms. The van der Waals surface area contributed by atoms with Gasteiger partial charge in [-0.2, -0.15) is 0 Å². The molecular weight excluding hydrogens is 270 g/mol. The average molecular weight is 288 g/mol. The van der Waals surface area contributed by atoms with Crippen LogP contribution in [0.3, 0.4) is 0 Å². The van der Waals surface area contributed by atoms with Gasteiger partial charge in [0.2, 0.25) is 5.91 Å². The zero-order valence-corrected chi connectivity index (χ0v) is 12.3. The van der Waals surface area contributed by atoms with E-state index >= 15 is 0 Å². The van der Waals surface area contributed by atoms with Crippen LogP contribution in [0, 0.1) is 11.5 Å². The van der Waals surface area contributed by atoms with E-state index < -0.39 is 11.0 Å². The number of primary amides is 1. The Kier molecular flexibility index (Phi) is 3.05. The van der Waals surface area contributed by atoms with Crippen LogP contribution in [0.25, 0.3) is 0 Å². The van der Waals surface area contributed by atoms with Crippen LogP contribution in [0.5, 0.6) is 0 Å². The molecule has 1 aromatic rings. The van der Waals surface area contributed by atoms with Crippen molar-refractivity contribution >= 4 is 22.8 Å². The molecule has 4 N–H and O–H groups in total. The van der Waals surface area contributed by atoms with Gasteiger partial charge in [0.1, 0.15) is 5.54 Å². The van der Waals surface area contributed by atoms with E-state index in [1.54, 1.807) is 0 Å². The summed E-state index contributed by atoms with van der Waals surface area (Å²) in [6, 6.07) is 9.01. The Hall–Kier alpha value is -1.49. The Morgan fingerprint density at radius 2 is 2.35 bits per heavy atom. The van der Waals surface area contributed by atoms with Crippen molar-refractivity contribution in [3.8, 4) is 0 Å². The summed E-state index contributed by atoms with van der Waals surface area (Å²) in [5, 5.41) is 0.529. The zero-order chi connectivity index (χ0) is 14.4. The van der Waals surface area contributed by atoms with Gasteiger partial charge < -0.3 is 11.5 Å². The fourth-order valence-electron chi connectivity index (χ4n) is 3.48.